The summed E-state index contributed by atoms with van der Waals surface area (Å²) in [6.45, 7) is 1.94. The van der Waals surface area contributed by atoms with Crippen LogP contribution >= 0.6 is 11.6 Å². The van der Waals surface area contributed by atoms with E-state index in [4.69, 9.17) is 11.6 Å². The van der Waals surface area contributed by atoms with Crippen LogP contribution in [0.3, 0.4) is 0 Å². The molecule has 6 heteroatoms. The zero-order chi connectivity index (χ0) is 16.4. The SMILES string of the molecule is Cc1ccc(NC(=O)CC2NC3CCCCC3NC2=O)c(Cl)c1. The van der Waals surface area contributed by atoms with Crippen LogP contribution in [0.2, 0.25) is 5.02 Å². The lowest BCUT2D eigenvalue weighted by molar-refractivity contribution is -0.129. The van der Waals surface area contributed by atoms with E-state index in [0.717, 1.165) is 24.8 Å². The molecule has 5 nitrogen and oxygen atoms in total. The van der Waals surface area contributed by atoms with E-state index in [9.17, 15) is 9.59 Å². The van der Waals surface area contributed by atoms with Gasteiger partial charge in [-0.2, -0.15) is 0 Å². The minimum absolute atomic E-state index is 0.0849. The van der Waals surface area contributed by atoms with Gasteiger partial charge < -0.3 is 16.0 Å². The third-order valence-electron chi connectivity index (χ3n) is 4.61. The van der Waals surface area contributed by atoms with Crippen LogP contribution < -0.4 is 16.0 Å². The van der Waals surface area contributed by atoms with Gasteiger partial charge in [0.2, 0.25) is 11.8 Å². The van der Waals surface area contributed by atoms with Gasteiger partial charge in [0, 0.05) is 12.1 Å². The Morgan fingerprint density at radius 2 is 2.04 bits per heavy atom. The van der Waals surface area contributed by atoms with Crippen molar-refractivity contribution in [3.05, 3.63) is 28.8 Å². The molecule has 3 unspecified atom stereocenters. The van der Waals surface area contributed by atoms with Gasteiger partial charge in [-0.25, -0.2) is 0 Å². The van der Waals surface area contributed by atoms with Gasteiger partial charge in [-0.05, 0) is 37.5 Å². The number of carbonyl (C=O) groups is 2. The number of halogens is 1. The quantitative estimate of drug-likeness (QED) is 0.794. The van der Waals surface area contributed by atoms with Gasteiger partial charge in [-0.1, -0.05) is 30.5 Å². The first-order valence-electron chi connectivity index (χ1n) is 8.15. The Labute approximate surface area is 141 Å². The maximum absolute atomic E-state index is 12.2. The smallest absolute Gasteiger partial charge is 0.237 e. The van der Waals surface area contributed by atoms with Crippen LogP contribution in [0.5, 0.6) is 0 Å². The largest absolute Gasteiger partial charge is 0.350 e. The molecule has 1 aromatic carbocycles. The van der Waals surface area contributed by atoms with Crippen molar-refractivity contribution in [1.82, 2.24) is 10.6 Å². The molecule has 1 saturated carbocycles. The maximum atomic E-state index is 12.2. The molecule has 2 fully saturated rings. The highest BCUT2D eigenvalue weighted by atomic mass is 35.5. The molecular weight excluding hydrogens is 314 g/mol. The second-order valence-electron chi connectivity index (χ2n) is 6.46. The summed E-state index contributed by atoms with van der Waals surface area (Å²) in [5, 5.41) is 9.68. The van der Waals surface area contributed by atoms with E-state index < -0.39 is 6.04 Å². The van der Waals surface area contributed by atoms with Crippen molar-refractivity contribution in [1.29, 1.82) is 0 Å². The fourth-order valence-corrected chi connectivity index (χ4v) is 3.66. The first-order valence-corrected chi connectivity index (χ1v) is 8.53. The summed E-state index contributed by atoms with van der Waals surface area (Å²) >= 11 is 6.13. The molecule has 0 spiro atoms. The Morgan fingerprint density at radius 3 is 2.78 bits per heavy atom. The number of fused-ring (bicyclic) bond motifs is 1. The fourth-order valence-electron chi connectivity index (χ4n) is 3.38. The molecule has 124 valence electrons. The van der Waals surface area contributed by atoms with Gasteiger partial charge in [-0.3, -0.25) is 9.59 Å². The van der Waals surface area contributed by atoms with Crippen LogP contribution in [-0.2, 0) is 9.59 Å². The van der Waals surface area contributed by atoms with Gasteiger partial charge in [-0.15, -0.1) is 0 Å². The Hall–Kier alpha value is -1.59. The van der Waals surface area contributed by atoms with E-state index >= 15 is 0 Å². The highest BCUT2D eigenvalue weighted by Crippen LogP contribution is 2.24. The topological polar surface area (TPSA) is 70.2 Å². The van der Waals surface area contributed by atoms with Crippen molar-refractivity contribution >= 4 is 29.1 Å². The first-order chi connectivity index (χ1) is 11.0. The van der Waals surface area contributed by atoms with E-state index in [2.05, 4.69) is 16.0 Å². The van der Waals surface area contributed by atoms with Crippen molar-refractivity contribution in [2.45, 2.75) is 57.2 Å². The van der Waals surface area contributed by atoms with Crippen LogP contribution in [0.1, 0.15) is 37.7 Å². The van der Waals surface area contributed by atoms with Crippen molar-refractivity contribution in [2.24, 2.45) is 0 Å². The van der Waals surface area contributed by atoms with Crippen molar-refractivity contribution in [3.63, 3.8) is 0 Å². The molecule has 2 aliphatic rings. The van der Waals surface area contributed by atoms with Crippen LogP contribution in [0, 0.1) is 6.92 Å². The molecule has 3 atom stereocenters. The van der Waals surface area contributed by atoms with Gasteiger partial charge in [0.05, 0.1) is 23.2 Å². The maximum Gasteiger partial charge on any atom is 0.237 e. The molecular formula is C17H22ClN3O2. The summed E-state index contributed by atoms with van der Waals surface area (Å²) < 4.78 is 0. The molecule has 1 aromatic rings. The summed E-state index contributed by atoms with van der Waals surface area (Å²) in [5.74, 6) is -0.295. The summed E-state index contributed by atoms with van der Waals surface area (Å²) in [7, 11) is 0. The molecule has 1 aliphatic heterocycles. The van der Waals surface area contributed by atoms with Crippen LogP contribution in [0.25, 0.3) is 0 Å². The van der Waals surface area contributed by atoms with Crippen LogP contribution in [-0.4, -0.2) is 29.9 Å². The molecule has 0 radical (unpaired) electrons. The predicted octanol–water partition coefficient (Wildman–Crippen LogP) is 2.38. The first kappa shape index (κ1) is 16.3. The monoisotopic (exact) mass is 335 g/mol. The number of rotatable bonds is 3. The fraction of sp³-hybridized carbons (Fsp3) is 0.529. The minimum Gasteiger partial charge on any atom is -0.350 e. The third kappa shape index (κ3) is 3.85. The van der Waals surface area contributed by atoms with Crippen LogP contribution in [0.15, 0.2) is 18.2 Å². The number of hydrogen-bond donors (Lipinski definition) is 3. The van der Waals surface area contributed by atoms with Crippen molar-refractivity contribution in [2.75, 3.05) is 5.32 Å². The molecule has 1 aliphatic carbocycles. The Balaban J connectivity index is 1.59. The Morgan fingerprint density at radius 1 is 1.30 bits per heavy atom. The number of carbonyl (C=O) groups excluding carboxylic acids is 2. The molecule has 1 heterocycles. The third-order valence-corrected chi connectivity index (χ3v) is 4.93. The number of amides is 2. The summed E-state index contributed by atoms with van der Waals surface area (Å²) in [6.07, 6.45) is 4.50. The van der Waals surface area contributed by atoms with E-state index in [1.807, 2.05) is 13.0 Å². The number of piperazine rings is 1. The lowest BCUT2D eigenvalue weighted by Gasteiger charge is -2.40. The second-order valence-corrected chi connectivity index (χ2v) is 6.87. The zero-order valence-corrected chi connectivity index (χ0v) is 14.0. The van der Waals surface area contributed by atoms with E-state index in [1.165, 1.54) is 6.42 Å². The average Bonchev–Trinajstić information content (AvgIpc) is 2.51. The van der Waals surface area contributed by atoms with Crippen LogP contribution in [0.4, 0.5) is 5.69 Å². The van der Waals surface area contributed by atoms with Crippen molar-refractivity contribution < 1.29 is 9.59 Å². The lowest BCUT2D eigenvalue weighted by Crippen LogP contribution is -2.65. The molecule has 23 heavy (non-hydrogen) atoms. The summed E-state index contributed by atoms with van der Waals surface area (Å²) in [5.41, 5.74) is 1.61. The lowest BCUT2D eigenvalue weighted by atomic mass is 9.87. The molecule has 3 rings (SSSR count). The summed E-state index contributed by atoms with van der Waals surface area (Å²) in [4.78, 5) is 24.4. The standard InChI is InChI=1S/C17H22ClN3O2/c1-10-6-7-12(11(18)8-10)20-16(22)9-15-17(23)21-14-5-3-2-4-13(14)19-15/h6-8,13-15,19H,2-5,9H2,1H3,(H,20,22)(H,21,23). The highest BCUT2D eigenvalue weighted by molar-refractivity contribution is 6.33. The van der Waals surface area contributed by atoms with Gasteiger partial charge in [0.15, 0.2) is 0 Å². The van der Waals surface area contributed by atoms with Crippen molar-refractivity contribution in [3.8, 4) is 0 Å². The second kappa shape index (κ2) is 6.89. The number of aryl methyl sites for hydroxylation is 1. The van der Waals surface area contributed by atoms with E-state index in [0.29, 0.717) is 10.7 Å². The Bertz CT molecular complexity index is 620. The molecule has 1 saturated heterocycles. The number of benzene rings is 1. The number of hydrogen-bond acceptors (Lipinski definition) is 3. The molecule has 2 amide bonds. The number of nitrogens with one attached hydrogen (secondary N) is 3. The van der Waals surface area contributed by atoms with Gasteiger partial charge >= 0.3 is 0 Å². The highest BCUT2D eigenvalue weighted by Gasteiger charge is 2.36. The van der Waals surface area contributed by atoms with Gasteiger partial charge in [0.25, 0.3) is 0 Å². The molecule has 0 aromatic heterocycles. The van der Waals surface area contributed by atoms with Gasteiger partial charge in [0.1, 0.15) is 0 Å². The Kier molecular flexibility index (Phi) is 4.87. The normalized spacial score (nSPS) is 27.0. The predicted molar refractivity (Wildman–Crippen MR) is 90.5 cm³/mol. The summed E-state index contributed by atoms with van der Waals surface area (Å²) in [6, 6.07) is 5.48. The van der Waals surface area contributed by atoms with E-state index in [-0.39, 0.29) is 30.3 Å². The zero-order valence-electron chi connectivity index (χ0n) is 13.2. The number of anilines is 1. The van der Waals surface area contributed by atoms with E-state index in [1.54, 1.807) is 12.1 Å². The molecule has 0 bridgehead atoms. The molecule has 3 N–H and O–H groups in total. The average molecular weight is 336 g/mol. The minimum atomic E-state index is -0.474.